The standard InChI is InChI=1S/C19H23N3O/c1-13-7-9-14(10-8-13)21-15-6-5-11-20-17(15)18-22-16(12-23-18)19(2,3)4/h5-11,16,21H,12H2,1-4H3/t16-/m1/s1. The second-order valence-electron chi connectivity index (χ2n) is 7.02. The van der Waals surface area contributed by atoms with Crippen LogP contribution in [-0.4, -0.2) is 23.5 Å². The molecule has 0 spiro atoms. The molecule has 1 N–H and O–H groups in total. The molecule has 0 saturated carbocycles. The van der Waals surface area contributed by atoms with E-state index in [0.29, 0.717) is 12.5 Å². The lowest BCUT2D eigenvalue weighted by Gasteiger charge is -2.21. The van der Waals surface area contributed by atoms with Crippen LogP contribution in [0.15, 0.2) is 47.6 Å². The molecule has 1 aliphatic heterocycles. The molecule has 4 heteroatoms. The first-order valence-corrected chi connectivity index (χ1v) is 7.93. The fourth-order valence-electron chi connectivity index (χ4n) is 2.42. The number of hydrogen-bond acceptors (Lipinski definition) is 4. The number of aromatic nitrogens is 1. The van der Waals surface area contributed by atoms with Crippen LogP contribution in [0.5, 0.6) is 0 Å². The maximum atomic E-state index is 5.82. The van der Waals surface area contributed by atoms with Gasteiger partial charge >= 0.3 is 0 Å². The lowest BCUT2D eigenvalue weighted by atomic mass is 9.88. The van der Waals surface area contributed by atoms with Gasteiger partial charge in [0.15, 0.2) is 0 Å². The number of hydrogen-bond donors (Lipinski definition) is 1. The minimum atomic E-state index is 0.0844. The molecular formula is C19H23N3O. The van der Waals surface area contributed by atoms with E-state index in [1.54, 1.807) is 6.20 Å². The Hall–Kier alpha value is -2.36. The number of pyridine rings is 1. The summed E-state index contributed by atoms with van der Waals surface area (Å²) in [5.41, 5.74) is 4.01. The van der Waals surface area contributed by atoms with Gasteiger partial charge in [0.2, 0.25) is 5.90 Å². The minimum Gasteiger partial charge on any atom is -0.474 e. The Morgan fingerprint density at radius 2 is 1.87 bits per heavy atom. The Morgan fingerprint density at radius 1 is 1.13 bits per heavy atom. The monoisotopic (exact) mass is 309 g/mol. The quantitative estimate of drug-likeness (QED) is 0.918. The van der Waals surface area contributed by atoms with Gasteiger partial charge in [0, 0.05) is 11.9 Å². The molecule has 0 fully saturated rings. The molecule has 23 heavy (non-hydrogen) atoms. The van der Waals surface area contributed by atoms with Crippen LogP contribution in [0.4, 0.5) is 11.4 Å². The van der Waals surface area contributed by atoms with Crippen LogP contribution < -0.4 is 5.32 Å². The maximum Gasteiger partial charge on any atom is 0.237 e. The third-order valence-electron chi connectivity index (χ3n) is 3.99. The van der Waals surface area contributed by atoms with Crippen molar-refractivity contribution in [2.45, 2.75) is 33.7 Å². The van der Waals surface area contributed by atoms with Gasteiger partial charge in [0.05, 0.1) is 11.7 Å². The number of nitrogens with zero attached hydrogens (tertiary/aromatic N) is 2. The van der Waals surface area contributed by atoms with Crippen molar-refractivity contribution in [2.24, 2.45) is 10.4 Å². The molecular weight excluding hydrogens is 286 g/mol. The highest BCUT2D eigenvalue weighted by Crippen LogP contribution is 2.29. The molecule has 1 aromatic heterocycles. The summed E-state index contributed by atoms with van der Waals surface area (Å²) in [6, 6.07) is 12.3. The Morgan fingerprint density at radius 3 is 2.52 bits per heavy atom. The summed E-state index contributed by atoms with van der Waals surface area (Å²) in [5, 5.41) is 3.41. The molecule has 3 rings (SSSR count). The summed E-state index contributed by atoms with van der Waals surface area (Å²) in [6.07, 6.45) is 1.77. The Bertz CT molecular complexity index is 714. The number of ether oxygens (including phenoxy) is 1. The maximum absolute atomic E-state index is 5.82. The van der Waals surface area contributed by atoms with Crippen molar-refractivity contribution in [3.63, 3.8) is 0 Å². The first-order valence-electron chi connectivity index (χ1n) is 7.93. The van der Waals surface area contributed by atoms with E-state index in [1.165, 1.54) is 5.56 Å². The number of nitrogens with one attached hydrogen (secondary N) is 1. The molecule has 4 nitrogen and oxygen atoms in total. The number of aryl methyl sites for hydroxylation is 1. The summed E-state index contributed by atoms with van der Waals surface area (Å²) in [4.78, 5) is 9.21. The highest BCUT2D eigenvalue weighted by atomic mass is 16.5. The van der Waals surface area contributed by atoms with Gasteiger partial charge in [-0.05, 0) is 36.6 Å². The van der Waals surface area contributed by atoms with Crippen LogP contribution in [0.25, 0.3) is 0 Å². The first-order chi connectivity index (χ1) is 10.9. The summed E-state index contributed by atoms with van der Waals surface area (Å²) in [6.45, 7) is 9.22. The molecule has 120 valence electrons. The molecule has 0 bridgehead atoms. The zero-order chi connectivity index (χ0) is 16.4. The molecule has 0 radical (unpaired) electrons. The van der Waals surface area contributed by atoms with Gasteiger partial charge in [-0.15, -0.1) is 0 Å². The van der Waals surface area contributed by atoms with Crippen LogP contribution in [0.3, 0.4) is 0 Å². The van der Waals surface area contributed by atoms with Gasteiger partial charge < -0.3 is 10.1 Å². The fraction of sp³-hybridized carbons (Fsp3) is 0.368. The van der Waals surface area contributed by atoms with E-state index < -0.39 is 0 Å². The third kappa shape index (κ3) is 3.52. The van der Waals surface area contributed by atoms with Gasteiger partial charge in [-0.3, -0.25) is 0 Å². The van der Waals surface area contributed by atoms with Gasteiger partial charge in [-0.2, -0.15) is 0 Å². The highest BCUT2D eigenvalue weighted by molar-refractivity contribution is 5.99. The fourth-order valence-corrected chi connectivity index (χ4v) is 2.42. The predicted octanol–water partition coefficient (Wildman–Crippen LogP) is 4.33. The summed E-state index contributed by atoms with van der Waals surface area (Å²) in [5.74, 6) is 0.625. The summed E-state index contributed by atoms with van der Waals surface area (Å²) < 4.78 is 5.82. The molecule has 2 aromatic rings. The van der Waals surface area contributed by atoms with Crippen LogP contribution in [0.1, 0.15) is 32.0 Å². The lowest BCUT2D eigenvalue weighted by molar-refractivity contribution is 0.235. The van der Waals surface area contributed by atoms with E-state index in [1.807, 2.05) is 12.1 Å². The molecule has 0 saturated heterocycles. The van der Waals surface area contributed by atoms with Gasteiger partial charge in [0.1, 0.15) is 12.3 Å². The van der Waals surface area contributed by atoms with Crippen molar-refractivity contribution in [1.82, 2.24) is 4.98 Å². The SMILES string of the molecule is Cc1ccc(Nc2cccnc2C2=N[C@@H](C(C)(C)C)CO2)cc1. The van der Waals surface area contributed by atoms with Crippen LogP contribution in [0, 0.1) is 12.3 Å². The van der Waals surface area contributed by atoms with E-state index in [0.717, 1.165) is 17.1 Å². The van der Waals surface area contributed by atoms with Gasteiger partial charge in [-0.25, -0.2) is 9.98 Å². The highest BCUT2D eigenvalue weighted by Gasteiger charge is 2.31. The molecule has 2 heterocycles. The average Bonchev–Trinajstić information content (AvgIpc) is 3.00. The van der Waals surface area contributed by atoms with Crippen molar-refractivity contribution in [2.75, 3.05) is 11.9 Å². The number of anilines is 2. The van der Waals surface area contributed by atoms with E-state index in [4.69, 9.17) is 9.73 Å². The second kappa shape index (κ2) is 6.03. The van der Waals surface area contributed by atoms with E-state index >= 15 is 0 Å². The Balaban J connectivity index is 1.88. The first kappa shape index (κ1) is 15.5. The summed E-state index contributed by atoms with van der Waals surface area (Å²) in [7, 11) is 0. The molecule has 0 unspecified atom stereocenters. The van der Waals surface area contributed by atoms with Crippen molar-refractivity contribution in [3.05, 3.63) is 53.9 Å². The number of benzene rings is 1. The lowest BCUT2D eigenvalue weighted by Crippen LogP contribution is -2.25. The second-order valence-corrected chi connectivity index (χ2v) is 7.02. The normalized spacial score (nSPS) is 17.6. The van der Waals surface area contributed by atoms with Crippen LogP contribution in [-0.2, 0) is 4.74 Å². The van der Waals surface area contributed by atoms with Crippen molar-refractivity contribution >= 4 is 17.3 Å². The molecule has 0 aliphatic carbocycles. The van der Waals surface area contributed by atoms with Gasteiger partial charge in [-0.1, -0.05) is 38.5 Å². The number of rotatable bonds is 3. The topological polar surface area (TPSA) is 46.5 Å². The third-order valence-corrected chi connectivity index (χ3v) is 3.99. The van der Waals surface area contributed by atoms with E-state index in [2.05, 4.69) is 62.3 Å². The minimum absolute atomic E-state index is 0.0844. The van der Waals surface area contributed by atoms with Crippen LogP contribution >= 0.6 is 0 Å². The average molecular weight is 309 g/mol. The van der Waals surface area contributed by atoms with Crippen LogP contribution in [0.2, 0.25) is 0 Å². The largest absolute Gasteiger partial charge is 0.474 e. The van der Waals surface area contributed by atoms with Crippen molar-refractivity contribution in [1.29, 1.82) is 0 Å². The van der Waals surface area contributed by atoms with Gasteiger partial charge in [0.25, 0.3) is 0 Å². The molecule has 1 aromatic carbocycles. The molecule has 1 aliphatic rings. The van der Waals surface area contributed by atoms with E-state index in [-0.39, 0.29) is 11.5 Å². The molecule has 1 atom stereocenters. The zero-order valence-corrected chi connectivity index (χ0v) is 14.1. The molecule has 0 amide bonds. The Labute approximate surface area is 137 Å². The smallest absolute Gasteiger partial charge is 0.237 e. The Kier molecular flexibility index (Phi) is 4.07. The zero-order valence-electron chi connectivity index (χ0n) is 14.1. The number of aliphatic imine (C=N–C) groups is 1. The predicted molar refractivity (Wildman–Crippen MR) is 94.4 cm³/mol. The van der Waals surface area contributed by atoms with E-state index in [9.17, 15) is 0 Å². The van der Waals surface area contributed by atoms with Crippen molar-refractivity contribution in [3.8, 4) is 0 Å². The summed E-state index contributed by atoms with van der Waals surface area (Å²) >= 11 is 0. The van der Waals surface area contributed by atoms with Crippen molar-refractivity contribution < 1.29 is 4.74 Å².